The van der Waals surface area contributed by atoms with Crippen LogP contribution in [0.15, 0.2) is 61.1 Å². The molecule has 0 atom stereocenters. The smallest absolute Gasteiger partial charge is 0.323 e. The number of urea groups is 1. The van der Waals surface area contributed by atoms with E-state index in [1.54, 1.807) is 18.6 Å². The van der Waals surface area contributed by atoms with Crippen LogP contribution in [0, 0.1) is 6.92 Å². The standard InChI is InChI=1S/C20H16ClN5O/c1-12-2-7-16(21)17(10-12)26-20(27)25-14-5-3-13(4-6-14)15-8-9-22-19-18(15)23-11-24-19/h2-11H,1H3,(H,22,23,24)(H2,25,26,27). The molecule has 4 rings (SSSR count). The summed E-state index contributed by atoms with van der Waals surface area (Å²) in [5.41, 5.74) is 5.81. The Labute approximate surface area is 160 Å². The molecule has 7 heteroatoms. The van der Waals surface area contributed by atoms with Crippen LogP contribution in [0.5, 0.6) is 0 Å². The number of carbonyl (C=O) groups is 1. The van der Waals surface area contributed by atoms with Crippen LogP contribution in [0.1, 0.15) is 5.56 Å². The first kappa shape index (κ1) is 17.1. The average molecular weight is 378 g/mol. The van der Waals surface area contributed by atoms with Crippen molar-refractivity contribution in [2.45, 2.75) is 6.92 Å². The van der Waals surface area contributed by atoms with Gasteiger partial charge in [0.25, 0.3) is 0 Å². The van der Waals surface area contributed by atoms with Crippen LogP contribution in [0.3, 0.4) is 0 Å². The Hall–Kier alpha value is -3.38. The number of H-pyrrole nitrogens is 1. The fourth-order valence-electron chi connectivity index (χ4n) is 2.84. The van der Waals surface area contributed by atoms with Crippen LogP contribution >= 0.6 is 11.6 Å². The minimum atomic E-state index is -0.352. The van der Waals surface area contributed by atoms with Crippen molar-refractivity contribution in [1.82, 2.24) is 15.0 Å². The number of hydrogen-bond donors (Lipinski definition) is 3. The van der Waals surface area contributed by atoms with Crippen LogP contribution in [0.2, 0.25) is 5.02 Å². The monoisotopic (exact) mass is 377 g/mol. The Bertz CT molecular complexity index is 1120. The Morgan fingerprint density at radius 3 is 2.67 bits per heavy atom. The van der Waals surface area contributed by atoms with Crippen molar-refractivity contribution in [1.29, 1.82) is 0 Å². The zero-order valence-electron chi connectivity index (χ0n) is 14.5. The molecule has 0 saturated heterocycles. The van der Waals surface area contributed by atoms with Gasteiger partial charge in [0.2, 0.25) is 0 Å². The second kappa shape index (κ2) is 7.09. The Kier molecular flexibility index (Phi) is 4.48. The van der Waals surface area contributed by atoms with E-state index in [2.05, 4.69) is 25.6 Å². The van der Waals surface area contributed by atoms with Crippen molar-refractivity contribution in [2.75, 3.05) is 10.6 Å². The Morgan fingerprint density at radius 2 is 1.85 bits per heavy atom. The van der Waals surface area contributed by atoms with Gasteiger partial charge in [-0.2, -0.15) is 0 Å². The number of pyridine rings is 1. The Balaban J connectivity index is 1.50. The molecule has 0 aliphatic carbocycles. The summed E-state index contributed by atoms with van der Waals surface area (Å²) in [5.74, 6) is 0. The van der Waals surface area contributed by atoms with Gasteiger partial charge in [-0.3, -0.25) is 0 Å². The molecule has 2 heterocycles. The minimum absolute atomic E-state index is 0.352. The highest BCUT2D eigenvalue weighted by molar-refractivity contribution is 6.33. The summed E-state index contributed by atoms with van der Waals surface area (Å²) in [5, 5.41) is 6.06. The van der Waals surface area contributed by atoms with Gasteiger partial charge >= 0.3 is 6.03 Å². The molecule has 0 aliphatic heterocycles. The van der Waals surface area contributed by atoms with Crippen molar-refractivity contribution in [2.24, 2.45) is 0 Å². The normalized spacial score (nSPS) is 10.7. The van der Waals surface area contributed by atoms with Crippen molar-refractivity contribution >= 4 is 40.2 Å². The maximum atomic E-state index is 12.2. The third-order valence-electron chi connectivity index (χ3n) is 4.15. The van der Waals surface area contributed by atoms with Gasteiger partial charge in [0.05, 0.1) is 22.6 Å². The van der Waals surface area contributed by atoms with Crippen LogP contribution in [-0.2, 0) is 0 Å². The molecule has 3 N–H and O–H groups in total. The number of imidazole rings is 1. The van der Waals surface area contributed by atoms with Gasteiger partial charge in [-0.1, -0.05) is 29.8 Å². The summed E-state index contributed by atoms with van der Waals surface area (Å²) in [6.07, 6.45) is 3.35. The van der Waals surface area contributed by atoms with Gasteiger partial charge < -0.3 is 15.6 Å². The molecule has 2 aromatic heterocycles. The molecular formula is C20H16ClN5O. The average Bonchev–Trinajstić information content (AvgIpc) is 3.14. The first-order valence-electron chi connectivity index (χ1n) is 8.33. The first-order chi connectivity index (χ1) is 13.1. The summed E-state index contributed by atoms with van der Waals surface area (Å²) < 4.78 is 0. The number of hydrogen-bond acceptors (Lipinski definition) is 3. The number of halogens is 1. The summed E-state index contributed by atoms with van der Waals surface area (Å²) in [7, 11) is 0. The molecule has 2 aromatic carbocycles. The van der Waals surface area contributed by atoms with Gasteiger partial charge in [-0.05, 0) is 48.4 Å². The maximum absolute atomic E-state index is 12.2. The van der Waals surface area contributed by atoms with Gasteiger partial charge in [0.1, 0.15) is 0 Å². The predicted molar refractivity (Wildman–Crippen MR) is 108 cm³/mol. The molecule has 6 nitrogen and oxygen atoms in total. The van der Waals surface area contributed by atoms with Gasteiger partial charge in [-0.15, -0.1) is 0 Å². The van der Waals surface area contributed by atoms with E-state index in [9.17, 15) is 4.79 Å². The van der Waals surface area contributed by atoms with Crippen LogP contribution in [-0.4, -0.2) is 21.0 Å². The second-order valence-corrected chi connectivity index (χ2v) is 6.51. The number of aromatic amines is 1. The molecule has 134 valence electrons. The molecule has 0 unspecified atom stereocenters. The zero-order chi connectivity index (χ0) is 18.8. The lowest BCUT2D eigenvalue weighted by atomic mass is 10.1. The van der Waals surface area contributed by atoms with Crippen molar-refractivity contribution in [3.8, 4) is 11.1 Å². The highest BCUT2D eigenvalue weighted by Gasteiger charge is 2.09. The number of rotatable bonds is 3. The molecule has 0 fully saturated rings. The molecule has 4 aromatic rings. The van der Waals surface area contributed by atoms with Gasteiger partial charge in [0, 0.05) is 17.4 Å². The number of amides is 2. The number of benzene rings is 2. The first-order valence-corrected chi connectivity index (χ1v) is 8.70. The molecule has 0 radical (unpaired) electrons. The van der Waals surface area contributed by atoms with Crippen LogP contribution in [0.25, 0.3) is 22.3 Å². The van der Waals surface area contributed by atoms with E-state index in [4.69, 9.17) is 11.6 Å². The fourth-order valence-corrected chi connectivity index (χ4v) is 3.01. The van der Waals surface area contributed by atoms with E-state index < -0.39 is 0 Å². The van der Waals surface area contributed by atoms with Crippen molar-refractivity contribution in [3.05, 3.63) is 71.6 Å². The van der Waals surface area contributed by atoms with E-state index in [1.165, 1.54) is 0 Å². The third kappa shape index (κ3) is 3.61. The van der Waals surface area contributed by atoms with E-state index in [0.29, 0.717) is 22.0 Å². The molecule has 0 saturated carbocycles. The summed E-state index contributed by atoms with van der Waals surface area (Å²) in [6, 6.07) is 14.6. The van der Waals surface area contributed by atoms with E-state index in [1.807, 2.05) is 49.4 Å². The molecule has 0 aliphatic rings. The number of aryl methyl sites for hydroxylation is 1. The van der Waals surface area contributed by atoms with Crippen LogP contribution in [0.4, 0.5) is 16.2 Å². The predicted octanol–water partition coefficient (Wildman–Crippen LogP) is 5.23. The number of fused-ring (bicyclic) bond motifs is 1. The summed E-state index contributed by atoms with van der Waals surface area (Å²) in [4.78, 5) is 23.7. The number of anilines is 2. The molecule has 0 bridgehead atoms. The summed E-state index contributed by atoms with van der Waals surface area (Å²) in [6.45, 7) is 1.94. The Morgan fingerprint density at radius 1 is 1.04 bits per heavy atom. The number of carbonyl (C=O) groups excluding carboxylic acids is 1. The zero-order valence-corrected chi connectivity index (χ0v) is 15.2. The lowest BCUT2D eigenvalue weighted by Crippen LogP contribution is -2.19. The highest BCUT2D eigenvalue weighted by atomic mass is 35.5. The number of nitrogens with zero attached hydrogens (tertiary/aromatic N) is 2. The SMILES string of the molecule is Cc1ccc(Cl)c(NC(=O)Nc2ccc(-c3ccnc4nc[nH]c34)cc2)c1. The van der Waals surface area contributed by atoms with Gasteiger partial charge in [0.15, 0.2) is 5.65 Å². The van der Waals surface area contributed by atoms with Crippen LogP contribution < -0.4 is 10.6 Å². The summed E-state index contributed by atoms with van der Waals surface area (Å²) >= 11 is 6.11. The topological polar surface area (TPSA) is 82.7 Å². The fraction of sp³-hybridized carbons (Fsp3) is 0.0500. The van der Waals surface area contributed by atoms with Gasteiger partial charge in [-0.25, -0.2) is 14.8 Å². The maximum Gasteiger partial charge on any atom is 0.323 e. The number of aromatic nitrogens is 3. The molecule has 27 heavy (non-hydrogen) atoms. The highest BCUT2D eigenvalue weighted by Crippen LogP contribution is 2.27. The lowest BCUT2D eigenvalue weighted by molar-refractivity contribution is 0.262. The van der Waals surface area contributed by atoms with Crippen molar-refractivity contribution < 1.29 is 4.79 Å². The minimum Gasteiger partial charge on any atom is -0.343 e. The van der Waals surface area contributed by atoms with Crippen molar-refractivity contribution in [3.63, 3.8) is 0 Å². The molecule has 2 amide bonds. The van der Waals surface area contributed by atoms with E-state index >= 15 is 0 Å². The molecule has 0 spiro atoms. The number of nitrogens with one attached hydrogen (secondary N) is 3. The third-order valence-corrected chi connectivity index (χ3v) is 4.48. The van der Waals surface area contributed by atoms with E-state index in [0.717, 1.165) is 22.2 Å². The largest absolute Gasteiger partial charge is 0.343 e. The quantitative estimate of drug-likeness (QED) is 0.457. The second-order valence-electron chi connectivity index (χ2n) is 6.10. The lowest BCUT2D eigenvalue weighted by Gasteiger charge is -2.10. The van der Waals surface area contributed by atoms with E-state index in [-0.39, 0.29) is 6.03 Å². The molecular weight excluding hydrogens is 362 g/mol.